The van der Waals surface area contributed by atoms with Gasteiger partial charge in [0.15, 0.2) is 0 Å². The van der Waals surface area contributed by atoms with Crippen LogP contribution in [0.2, 0.25) is 0 Å². The van der Waals surface area contributed by atoms with Crippen LogP contribution in [0.25, 0.3) is 0 Å². The number of hydrogen-bond donors (Lipinski definition) is 1. The summed E-state index contributed by atoms with van der Waals surface area (Å²) in [6.07, 6.45) is 4.48. The molecule has 1 amide bonds. The molecule has 0 aliphatic heterocycles. The van der Waals surface area contributed by atoms with Crippen LogP contribution in [0.15, 0.2) is 24.3 Å². The van der Waals surface area contributed by atoms with Crippen LogP contribution in [-0.2, 0) is 5.41 Å². The quantitative estimate of drug-likeness (QED) is 0.818. The molecule has 1 aromatic carbocycles. The molecular weight excluding hydrogens is 282 g/mol. The van der Waals surface area contributed by atoms with E-state index in [1.165, 1.54) is 18.4 Å². The number of hydrogen-bond acceptors (Lipinski definition) is 1. The first-order valence-corrected chi connectivity index (χ1v) is 8.32. The van der Waals surface area contributed by atoms with Crippen LogP contribution in [0.4, 0.5) is 0 Å². The molecule has 1 saturated carbocycles. The van der Waals surface area contributed by atoms with Crippen LogP contribution >= 0.6 is 11.6 Å². The molecule has 1 aromatic rings. The third-order valence-corrected chi connectivity index (χ3v) is 4.68. The van der Waals surface area contributed by atoms with Crippen LogP contribution in [-0.4, -0.2) is 17.8 Å². The number of carbonyl (C=O) groups is 1. The molecule has 2 nitrogen and oxygen atoms in total. The Labute approximate surface area is 133 Å². The van der Waals surface area contributed by atoms with E-state index in [0.29, 0.717) is 5.92 Å². The number of nitrogens with one attached hydrogen (secondary N) is 1. The van der Waals surface area contributed by atoms with Gasteiger partial charge in [0.1, 0.15) is 0 Å². The number of alkyl halides is 1. The zero-order chi connectivity index (χ0) is 15.5. The molecule has 1 aliphatic carbocycles. The van der Waals surface area contributed by atoms with Gasteiger partial charge in [0.25, 0.3) is 5.91 Å². The predicted octanol–water partition coefficient (Wildman–Crippen LogP) is 4.51. The highest BCUT2D eigenvalue weighted by molar-refractivity contribution is 6.20. The van der Waals surface area contributed by atoms with Crippen LogP contribution in [0.5, 0.6) is 0 Å². The molecule has 0 heterocycles. The van der Waals surface area contributed by atoms with Gasteiger partial charge in [-0.05, 0) is 48.3 Å². The van der Waals surface area contributed by atoms with Gasteiger partial charge in [-0.3, -0.25) is 4.79 Å². The lowest BCUT2D eigenvalue weighted by atomic mass is 9.86. The third-order valence-electron chi connectivity index (χ3n) is 4.28. The minimum Gasteiger partial charge on any atom is -0.352 e. The molecular formula is C18H26ClNO. The minimum atomic E-state index is 0.0205. The van der Waals surface area contributed by atoms with E-state index >= 15 is 0 Å². The van der Waals surface area contributed by atoms with Gasteiger partial charge in [-0.15, -0.1) is 11.6 Å². The van der Waals surface area contributed by atoms with Crippen molar-refractivity contribution in [2.45, 2.75) is 57.2 Å². The van der Waals surface area contributed by atoms with Gasteiger partial charge in [-0.2, -0.15) is 0 Å². The van der Waals surface area contributed by atoms with Crippen LogP contribution in [0.3, 0.4) is 0 Å². The van der Waals surface area contributed by atoms with Crippen molar-refractivity contribution < 1.29 is 4.79 Å². The minimum absolute atomic E-state index is 0.0205. The lowest BCUT2D eigenvalue weighted by Crippen LogP contribution is -2.32. The van der Waals surface area contributed by atoms with Crippen molar-refractivity contribution in [3.63, 3.8) is 0 Å². The Morgan fingerprint density at radius 3 is 2.48 bits per heavy atom. The Bertz CT molecular complexity index is 475. The molecule has 1 N–H and O–H groups in total. The maximum absolute atomic E-state index is 12.2. The number of carbonyl (C=O) groups excluding carboxylic acids is 1. The van der Waals surface area contributed by atoms with Crippen molar-refractivity contribution in [3.8, 4) is 0 Å². The molecule has 2 rings (SSSR count). The number of benzene rings is 1. The molecule has 0 saturated heterocycles. The van der Waals surface area contributed by atoms with Crippen molar-refractivity contribution in [2.24, 2.45) is 5.92 Å². The largest absolute Gasteiger partial charge is 0.352 e. The summed E-state index contributed by atoms with van der Waals surface area (Å²) >= 11 is 6.19. The highest BCUT2D eigenvalue weighted by Crippen LogP contribution is 2.27. The second-order valence-electron chi connectivity index (χ2n) is 7.17. The Kier molecular flexibility index (Phi) is 5.32. The van der Waals surface area contributed by atoms with E-state index < -0.39 is 0 Å². The summed E-state index contributed by atoms with van der Waals surface area (Å²) in [5, 5.41) is 3.33. The SMILES string of the molecule is CC(C)(C)c1ccc(C(=O)NCC2CCCC(Cl)C2)cc1. The van der Waals surface area contributed by atoms with Crippen molar-refractivity contribution in [1.29, 1.82) is 0 Å². The second kappa shape index (κ2) is 6.83. The first kappa shape index (κ1) is 16.4. The molecule has 0 aromatic heterocycles. The number of rotatable bonds is 3. The van der Waals surface area contributed by atoms with E-state index in [-0.39, 0.29) is 16.7 Å². The summed E-state index contributed by atoms with van der Waals surface area (Å²) in [6.45, 7) is 7.26. The summed E-state index contributed by atoms with van der Waals surface area (Å²) in [4.78, 5) is 12.2. The molecule has 3 heteroatoms. The van der Waals surface area contributed by atoms with E-state index in [1.54, 1.807) is 0 Å². The highest BCUT2D eigenvalue weighted by Gasteiger charge is 2.21. The lowest BCUT2D eigenvalue weighted by molar-refractivity contribution is 0.0943. The first-order valence-electron chi connectivity index (χ1n) is 7.89. The molecule has 21 heavy (non-hydrogen) atoms. The highest BCUT2D eigenvalue weighted by atomic mass is 35.5. The van der Waals surface area contributed by atoms with Gasteiger partial charge < -0.3 is 5.32 Å². The van der Waals surface area contributed by atoms with Gasteiger partial charge in [-0.25, -0.2) is 0 Å². The molecule has 1 fully saturated rings. The first-order chi connectivity index (χ1) is 9.86. The van der Waals surface area contributed by atoms with Crippen LogP contribution in [0.1, 0.15) is 62.4 Å². The van der Waals surface area contributed by atoms with Crippen molar-refractivity contribution in [2.75, 3.05) is 6.54 Å². The summed E-state index contributed by atoms with van der Waals surface area (Å²) < 4.78 is 0. The topological polar surface area (TPSA) is 29.1 Å². The van der Waals surface area contributed by atoms with Gasteiger partial charge in [0.05, 0.1) is 0 Å². The summed E-state index contributed by atoms with van der Waals surface area (Å²) in [7, 11) is 0. The monoisotopic (exact) mass is 307 g/mol. The predicted molar refractivity (Wildman–Crippen MR) is 89.1 cm³/mol. The van der Waals surface area contributed by atoms with E-state index in [1.807, 2.05) is 24.3 Å². The van der Waals surface area contributed by atoms with E-state index in [4.69, 9.17) is 11.6 Å². The average Bonchev–Trinajstić information content (AvgIpc) is 2.44. The maximum Gasteiger partial charge on any atom is 0.251 e. The molecule has 2 atom stereocenters. The summed E-state index contributed by atoms with van der Waals surface area (Å²) in [5.74, 6) is 0.547. The smallest absolute Gasteiger partial charge is 0.251 e. The standard InChI is InChI=1S/C18H26ClNO/c1-18(2,3)15-9-7-14(8-10-15)17(21)20-12-13-5-4-6-16(19)11-13/h7-10,13,16H,4-6,11-12H2,1-3H3,(H,20,21). The lowest BCUT2D eigenvalue weighted by Gasteiger charge is -2.25. The molecule has 2 unspecified atom stereocenters. The van der Waals surface area contributed by atoms with Crippen molar-refractivity contribution in [3.05, 3.63) is 35.4 Å². The molecule has 0 bridgehead atoms. The zero-order valence-corrected chi connectivity index (χ0v) is 14.0. The molecule has 0 spiro atoms. The number of halogens is 1. The Morgan fingerprint density at radius 1 is 1.24 bits per heavy atom. The van der Waals surface area contributed by atoms with Gasteiger partial charge in [-0.1, -0.05) is 39.3 Å². The van der Waals surface area contributed by atoms with Gasteiger partial charge in [0, 0.05) is 17.5 Å². The Hall–Kier alpha value is -1.02. The van der Waals surface area contributed by atoms with E-state index in [0.717, 1.165) is 24.9 Å². The normalized spacial score (nSPS) is 22.9. The van der Waals surface area contributed by atoms with Crippen LogP contribution < -0.4 is 5.32 Å². The molecule has 116 valence electrons. The van der Waals surface area contributed by atoms with Crippen molar-refractivity contribution in [1.82, 2.24) is 5.32 Å². The summed E-state index contributed by atoms with van der Waals surface area (Å²) in [6, 6.07) is 7.93. The van der Waals surface area contributed by atoms with E-state index in [2.05, 4.69) is 26.1 Å². The van der Waals surface area contributed by atoms with Gasteiger partial charge in [0.2, 0.25) is 0 Å². The molecule has 1 aliphatic rings. The fourth-order valence-electron chi connectivity index (χ4n) is 2.87. The van der Waals surface area contributed by atoms with Crippen LogP contribution in [0, 0.1) is 5.92 Å². The molecule has 0 radical (unpaired) electrons. The third kappa shape index (κ3) is 4.74. The maximum atomic E-state index is 12.2. The zero-order valence-electron chi connectivity index (χ0n) is 13.3. The fourth-order valence-corrected chi connectivity index (χ4v) is 3.28. The van der Waals surface area contributed by atoms with Crippen molar-refractivity contribution >= 4 is 17.5 Å². The number of amides is 1. The van der Waals surface area contributed by atoms with Gasteiger partial charge >= 0.3 is 0 Å². The second-order valence-corrected chi connectivity index (χ2v) is 7.78. The summed E-state index contributed by atoms with van der Waals surface area (Å²) in [5.41, 5.74) is 2.10. The average molecular weight is 308 g/mol. The van der Waals surface area contributed by atoms with E-state index in [9.17, 15) is 4.79 Å². The Morgan fingerprint density at radius 2 is 1.90 bits per heavy atom. The fraction of sp³-hybridized carbons (Fsp3) is 0.611. The Balaban J connectivity index is 1.88.